The van der Waals surface area contributed by atoms with Crippen LogP contribution in [-0.2, 0) is 19.2 Å². The van der Waals surface area contributed by atoms with Crippen molar-refractivity contribution in [1.29, 1.82) is 0 Å². The van der Waals surface area contributed by atoms with E-state index in [1.807, 2.05) is 6.08 Å². The average Bonchev–Trinajstić information content (AvgIpc) is 3.04. The molecule has 1 N–H and O–H groups in total. The number of likely N-dealkylation sites (tertiary alicyclic amines) is 1. The van der Waals surface area contributed by atoms with Crippen molar-refractivity contribution < 1.29 is 37.4 Å². The molecule has 0 spiro atoms. The molecular weight excluding hydrogens is 369 g/mol. The molecule has 0 saturated carbocycles. The standard InChI is InChI=1S/C15H24N2O3.C2HF3O2/c1-2-5-16-8-12-10-19-11-14(13(12)9-16)15(18)17-6-3-4-7-20-17;3-2(4,5)1(6)7/h2,12-14H,1,3-11H2;(H,6,7)/t12-,13-,14+;/m1./s1. The molecule has 0 aliphatic carbocycles. The Morgan fingerprint density at radius 3 is 2.48 bits per heavy atom. The number of nitrogens with zero attached hydrogens (tertiary/aromatic N) is 2. The Kier molecular flexibility index (Phi) is 7.63. The normalized spacial score (nSPS) is 28.7. The van der Waals surface area contributed by atoms with Crippen LogP contribution in [0.3, 0.4) is 0 Å². The maximum absolute atomic E-state index is 12.6. The number of halogens is 3. The molecule has 0 aromatic rings. The number of rotatable bonds is 3. The number of ether oxygens (including phenoxy) is 1. The zero-order chi connectivity index (χ0) is 20.0. The molecule has 0 aromatic heterocycles. The number of alkyl halides is 3. The van der Waals surface area contributed by atoms with Crippen molar-refractivity contribution in [3.8, 4) is 0 Å². The van der Waals surface area contributed by atoms with Gasteiger partial charge < -0.3 is 9.84 Å². The third-order valence-corrected chi connectivity index (χ3v) is 4.91. The smallest absolute Gasteiger partial charge is 0.475 e. The van der Waals surface area contributed by atoms with Crippen LogP contribution < -0.4 is 0 Å². The highest BCUT2D eigenvalue weighted by atomic mass is 19.4. The lowest BCUT2D eigenvalue weighted by Crippen LogP contribution is -2.47. The molecule has 27 heavy (non-hydrogen) atoms. The predicted molar refractivity (Wildman–Crippen MR) is 88.5 cm³/mol. The average molecular weight is 394 g/mol. The van der Waals surface area contributed by atoms with Gasteiger partial charge in [0.2, 0.25) is 0 Å². The monoisotopic (exact) mass is 394 g/mol. The van der Waals surface area contributed by atoms with Gasteiger partial charge in [-0.25, -0.2) is 9.86 Å². The van der Waals surface area contributed by atoms with Crippen molar-refractivity contribution >= 4 is 11.9 Å². The zero-order valence-corrected chi connectivity index (χ0v) is 15.0. The highest BCUT2D eigenvalue weighted by molar-refractivity contribution is 5.78. The molecule has 3 saturated heterocycles. The lowest BCUT2D eigenvalue weighted by Gasteiger charge is -2.36. The highest BCUT2D eigenvalue weighted by Gasteiger charge is 2.45. The van der Waals surface area contributed by atoms with Crippen LogP contribution in [0.1, 0.15) is 12.8 Å². The first-order valence-corrected chi connectivity index (χ1v) is 8.89. The van der Waals surface area contributed by atoms with E-state index in [-0.39, 0.29) is 11.8 Å². The Labute approximate surface area is 155 Å². The lowest BCUT2D eigenvalue weighted by atomic mass is 9.82. The van der Waals surface area contributed by atoms with Gasteiger partial charge in [0.15, 0.2) is 0 Å². The Hall–Kier alpha value is -1.65. The number of fused-ring (bicyclic) bond motifs is 1. The number of carbonyl (C=O) groups is 2. The largest absolute Gasteiger partial charge is 0.490 e. The molecule has 1 amide bonds. The number of amides is 1. The Morgan fingerprint density at radius 2 is 1.93 bits per heavy atom. The lowest BCUT2D eigenvalue weighted by molar-refractivity contribution is -0.207. The van der Waals surface area contributed by atoms with Crippen LogP contribution >= 0.6 is 0 Å². The third kappa shape index (κ3) is 5.91. The fourth-order valence-corrected chi connectivity index (χ4v) is 3.63. The summed E-state index contributed by atoms with van der Waals surface area (Å²) in [5.41, 5.74) is 0. The number of carboxylic acids is 1. The molecule has 3 aliphatic heterocycles. The number of hydrogen-bond acceptors (Lipinski definition) is 5. The van der Waals surface area contributed by atoms with E-state index >= 15 is 0 Å². The molecule has 0 radical (unpaired) electrons. The molecule has 3 rings (SSSR count). The fraction of sp³-hybridized carbons (Fsp3) is 0.765. The topological polar surface area (TPSA) is 79.3 Å². The number of hydroxylamine groups is 2. The molecule has 0 aromatic carbocycles. The van der Waals surface area contributed by atoms with Gasteiger partial charge >= 0.3 is 12.1 Å². The summed E-state index contributed by atoms with van der Waals surface area (Å²) in [5, 5.41) is 8.70. The summed E-state index contributed by atoms with van der Waals surface area (Å²) in [6.45, 7) is 9.40. The molecule has 7 nitrogen and oxygen atoms in total. The van der Waals surface area contributed by atoms with Crippen LogP contribution in [0.25, 0.3) is 0 Å². The summed E-state index contributed by atoms with van der Waals surface area (Å²) in [6.07, 6.45) is -1.07. The Morgan fingerprint density at radius 1 is 1.22 bits per heavy atom. The van der Waals surface area contributed by atoms with Gasteiger partial charge in [-0.2, -0.15) is 13.2 Å². The molecular formula is C17H25F3N2O5. The van der Waals surface area contributed by atoms with Crippen molar-refractivity contribution in [3.63, 3.8) is 0 Å². The number of aliphatic carboxylic acids is 1. The second-order valence-electron chi connectivity index (χ2n) is 6.86. The molecule has 10 heteroatoms. The Bertz CT molecular complexity index is 537. The first-order chi connectivity index (χ1) is 12.7. The van der Waals surface area contributed by atoms with Crippen LogP contribution in [0.4, 0.5) is 13.2 Å². The van der Waals surface area contributed by atoms with E-state index in [1.54, 1.807) is 5.06 Å². The molecule has 3 fully saturated rings. The predicted octanol–water partition coefficient (Wildman–Crippen LogP) is 1.55. The number of hydrogen-bond donors (Lipinski definition) is 1. The number of carboxylic acid groups (broad SMARTS) is 1. The minimum atomic E-state index is -5.08. The van der Waals surface area contributed by atoms with Crippen molar-refractivity contribution in [1.82, 2.24) is 9.96 Å². The molecule has 0 unspecified atom stereocenters. The van der Waals surface area contributed by atoms with E-state index in [0.717, 1.165) is 45.6 Å². The molecule has 3 aliphatic rings. The van der Waals surface area contributed by atoms with Gasteiger partial charge in [0.05, 0.1) is 25.7 Å². The summed E-state index contributed by atoms with van der Waals surface area (Å²) in [4.78, 5) is 29.4. The van der Waals surface area contributed by atoms with E-state index in [9.17, 15) is 18.0 Å². The van der Waals surface area contributed by atoms with Gasteiger partial charge in [-0.15, -0.1) is 6.58 Å². The van der Waals surface area contributed by atoms with E-state index in [4.69, 9.17) is 19.5 Å². The third-order valence-electron chi connectivity index (χ3n) is 4.91. The fourth-order valence-electron chi connectivity index (χ4n) is 3.63. The van der Waals surface area contributed by atoms with Gasteiger partial charge in [-0.1, -0.05) is 6.08 Å². The van der Waals surface area contributed by atoms with Crippen LogP contribution in [0.5, 0.6) is 0 Å². The van der Waals surface area contributed by atoms with Gasteiger partial charge in [-0.05, 0) is 24.7 Å². The minimum absolute atomic E-state index is 0.0401. The van der Waals surface area contributed by atoms with Gasteiger partial charge in [0.25, 0.3) is 5.91 Å². The maximum Gasteiger partial charge on any atom is 0.490 e. The zero-order valence-electron chi connectivity index (χ0n) is 15.0. The second kappa shape index (κ2) is 9.52. The van der Waals surface area contributed by atoms with Crippen molar-refractivity contribution in [2.75, 3.05) is 46.0 Å². The minimum Gasteiger partial charge on any atom is -0.475 e. The maximum atomic E-state index is 12.6. The Balaban J connectivity index is 0.000000321. The van der Waals surface area contributed by atoms with Crippen LogP contribution in [0, 0.1) is 17.8 Å². The quantitative estimate of drug-likeness (QED) is 0.732. The summed E-state index contributed by atoms with van der Waals surface area (Å²) >= 11 is 0. The van der Waals surface area contributed by atoms with Crippen molar-refractivity contribution in [3.05, 3.63) is 12.7 Å². The van der Waals surface area contributed by atoms with Gasteiger partial charge in [0, 0.05) is 26.2 Å². The molecule has 3 heterocycles. The second-order valence-corrected chi connectivity index (χ2v) is 6.86. The van der Waals surface area contributed by atoms with E-state index in [0.29, 0.717) is 25.0 Å². The highest BCUT2D eigenvalue weighted by Crippen LogP contribution is 2.35. The van der Waals surface area contributed by atoms with E-state index in [1.165, 1.54) is 0 Å². The van der Waals surface area contributed by atoms with E-state index < -0.39 is 12.1 Å². The van der Waals surface area contributed by atoms with Crippen LogP contribution in [-0.4, -0.2) is 79.1 Å². The molecule has 3 atom stereocenters. The van der Waals surface area contributed by atoms with Crippen LogP contribution in [0.15, 0.2) is 12.7 Å². The van der Waals surface area contributed by atoms with Crippen LogP contribution in [0.2, 0.25) is 0 Å². The summed E-state index contributed by atoms with van der Waals surface area (Å²) in [5.74, 6) is -1.79. The number of carbonyl (C=O) groups excluding carboxylic acids is 1. The summed E-state index contributed by atoms with van der Waals surface area (Å²) in [7, 11) is 0. The van der Waals surface area contributed by atoms with Crippen molar-refractivity contribution in [2.45, 2.75) is 19.0 Å². The van der Waals surface area contributed by atoms with Gasteiger partial charge in [0.1, 0.15) is 0 Å². The van der Waals surface area contributed by atoms with Gasteiger partial charge in [-0.3, -0.25) is 14.5 Å². The molecule has 154 valence electrons. The van der Waals surface area contributed by atoms with E-state index in [2.05, 4.69) is 11.5 Å². The van der Waals surface area contributed by atoms with Crippen molar-refractivity contribution in [2.24, 2.45) is 17.8 Å². The molecule has 0 bridgehead atoms. The first-order valence-electron chi connectivity index (χ1n) is 8.89. The summed E-state index contributed by atoms with van der Waals surface area (Å²) in [6, 6.07) is 0. The SMILES string of the molecule is C=CCN1C[C@@H]2COC[C@H](C(=O)N3CCCCO3)[C@@H]2C1.O=C(O)C(F)(F)F. The summed E-state index contributed by atoms with van der Waals surface area (Å²) < 4.78 is 37.4. The first kappa shape index (κ1) is 21.6.